The molecule has 3 aliphatic rings. The third-order valence-electron chi connectivity index (χ3n) is 6.85. The summed E-state index contributed by atoms with van der Waals surface area (Å²) >= 11 is 6.60. The molecular weight excluding hydrogens is 444 g/mol. The van der Waals surface area contributed by atoms with E-state index in [1.807, 2.05) is 6.07 Å². The summed E-state index contributed by atoms with van der Waals surface area (Å²) in [5.74, 6) is 0. The third-order valence-corrected chi connectivity index (χ3v) is 7.14. The maximum Gasteiger partial charge on any atom is 0.296 e. The minimum Gasteiger partial charge on any atom is -0.456 e. The van der Waals surface area contributed by atoms with Gasteiger partial charge in [-0.1, -0.05) is 35.9 Å². The Labute approximate surface area is 197 Å². The molecular formula is C24H27ClN4O4. The number of hydrogen-bond donors (Lipinski definition) is 1. The molecule has 0 radical (unpaired) electrons. The monoisotopic (exact) mass is 470 g/mol. The highest BCUT2D eigenvalue weighted by Crippen LogP contribution is 2.33. The second-order valence-electron chi connectivity index (χ2n) is 8.83. The van der Waals surface area contributed by atoms with Crippen molar-refractivity contribution in [2.24, 2.45) is 0 Å². The van der Waals surface area contributed by atoms with E-state index in [-0.39, 0.29) is 18.3 Å². The fraction of sp³-hybridized carbons (Fsp3) is 0.500. The lowest BCUT2D eigenvalue weighted by atomic mass is 10.0. The Morgan fingerprint density at radius 3 is 2.76 bits per heavy atom. The number of aromatic nitrogens is 3. The topological polar surface area (TPSA) is 81.7 Å². The number of ether oxygens (including phenoxy) is 4. The highest BCUT2D eigenvalue weighted by atomic mass is 35.5. The van der Waals surface area contributed by atoms with Crippen LogP contribution in [-0.2, 0) is 14.2 Å². The highest BCUT2D eigenvalue weighted by Gasteiger charge is 2.43. The van der Waals surface area contributed by atoms with Gasteiger partial charge in [-0.25, -0.2) is 4.98 Å². The fourth-order valence-electron chi connectivity index (χ4n) is 4.92. The second kappa shape index (κ2) is 8.85. The number of hydrogen-bond acceptors (Lipinski definition) is 7. The summed E-state index contributed by atoms with van der Waals surface area (Å²) in [5.41, 5.74) is 4.23. The van der Waals surface area contributed by atoms with Crippen LogP contribution >= 0.6 is 11.6 Å². The van der Waals surface area contributed by atoms with Crippen LogP contribution in [0.25, 0.3) is 22.4 Å². The summed E-state index contributed by atoms with van der Waals surface area (Å²) < 4.78 is 23.0. The minimum absolute atomic E-state index is 0.0383. The van der Waals surface area contributed by atoms with Gasteiger partial charge in [0.25, 0.3) is 6.01 Å². The Hall–Kier alpha value is -2.23. The molecule has 174 valence electrons. The predicted octanol–water partition coefficient (Wildman–Crippen LogP) is 3.61. The van der Waals surface area contributed by atoms with Crippen LogP contribution in [0.15, 0.2) is 30.3 Å². The first kappa shape index (κ1) is 21.3. The normalized spacial score (nSPS) is 26.5. The second-order valence-corrected chi connectivity index (χ2v) is 9.24. The molecule has 9 heteroatoms. The van der Waals surface area contributed by atoms with E-state index in [0.717, 1.165) is 43.8 Å². The molecule has 3 aromatic rings. The van der Waals surface area contributed by atoms with Gasteiger partial charge in [-0.15, -0.1) is 0 Å². The van der Waals surface area contributed by atoms with Crippen LogP contribution in [0.1, 0.15) is 24.9 Å². The van der Waals surface area contributed by atoms with Gasteiger partial charge in [-0.3, -0.25) is 4.90 Å². The Balaban J connectivity index is 1.21. The van der Waals surface area contributed by atoms with Crippen LogP contribution in [0.3, 0.4) is 0 Å². The van der Waals surface area contributed by atoms with E-state index in [9.17, 15) is 0 Å². The Bertz CT molecular complexity index is 1130. The van der Waals surface area contributed by atoms with E-state index in [1.54, 1.807) is 0 Å². The quantitative estimate of drug-likeness (QED) is 0.610. The first-order valence-electron chi connectivity index (χ1n) is 11.5. The Morgan fingerprint density at radius 2 is 1.94 bits per heavy atom. The smallest absolute Gasteiger partial charge is 0.296 e. The van der Waals surface area contributed by atoms with Crippen LogP contribution in [0.5, 0.6) is 6.01 Å². The minimum atomic E-state index is -0.172. The van der Waals surface area contributed by atoms with Crippen molar-refractivity contribution in [3.05, 3.63) is 40.9 Å². The van der Waals surface area contributed by atoms with Crippen LogP contribution in [0, 0.1) is 0 Å². The first-order chi connectivity index (χ1) is 16.2. The molecule has 1 aromatic carbocycles. The van der Waals surface area contributed by atoms with Gasteiger partial charge in [0.15, 0.2) is 11.8 Å². The van der Waals surface area contributed by atoms with Crippen LogP contribution in [-0.4, -0.2) is 77.7 Å². The van der Waals surface area contributed by atoms with E-state index in [2.05, 4.69) is 46.1 Å². The van der Waals surface area contributed by atoms with Gasteiger partial charge in [0.05, 0.1) is 42.2 Å². The van der Waals surface area contributed by atoms with Crippen molar-refractivity contribution in [2.45, 2.75) is 37.7 Å². The maximum absolute atomic E-state index is 6.60. The summed E-state index contributed by atoms with van der Waals surface area (Å²) in [6.45, 7) is 6.94. The molecule has 6 rings (SSSR count). The predicted molar refractivity (Wildman–Crippen MR) is 124 cm³/mol. The fourth-order valence-corrected chi connectivity index (χ4v) is 5.18. The van der Waals surface area contributed by atoms with Gasteiger partial charge < -0.3 is 23.9 Å². The molecule has 0 spiro atoms. The van der Waals surface area contributed by atoms with Crippen molar-refractivity contribution < 1.29 is 18.9 Å². The number of rotatable bonds is 5. The van der Waals surface area contributed by atoms with Gasteiger partial charge in [0, 0.05) is 31.3 Å². The molecule has 5 heterocycles. The zero-order valence-corrected chi connectivity index (χ0v) is 19.3. The molecule has 8 nitrogen and oxygen atoms in total. The van der Waals surface area contributed by atoms with Crippen molar-refractivity contribution >= 4 is 22.8 Å². The van der Waals surface area contributed by atoms with Crippen LogP contribution in [0.2, 0.25) is 5.02 Å². The lowest BCUT2D eigenvalue weighted by Crippen LogP contribution is -2.37. The van der Waals surface area contributed by atoms with Crippen LogP contribution < -0.4 is 4.74 Å². The van der Waals surface area contributed by atoms with Gasteiger partial charge in [-0.05, 0) is 25.0 Å². The molecule has 0 aliphatic carbocycles. The van der Waals surface area contributed by atoms with E-state index in [4.69, 9.17) is 35.5 Å². The zero-order valence-electron chi connectivity index (χ0n) is 18.5. The standard InChI is InChI=1S/C24H27ClN4O4/c1-14(29-7-10-30-11-8-29)15-2-4-16(5-3-15)21-17(25)12-18-23(27-21)28-24(26-18)33-20-13-32-19-6-9-31-22(19)20/h2-5,12,14,19-20,22H,6-11,13H2,1H3,(H,26,27,28)/t14?,19-,20-,22+/m1/s1. The van der Waals surface area contributed by atoms with Crippen molar-refractivity contribution in [3.63, 3.8) is 0 Å². The number of nitrogens with one attached hydrogen (secondary N) is 1. The number of H-pyrrole nitrogens is 1. The number of pyridine rings is 1. The number of fused-ring (bicyclic) bond motifs is 2. The molecule has 3 saturated heterocycles. The average Bonchev–Trinajstić information content (AvgIpc) is 3.56. The van der Waals surface area contributed by atoms with Gasteiger partial charge in [-0.2, -0.15) is 4.98 Å². The molecule has 3 aliphatic heterocycles. The van der Waals surface area contributed by atoms with Crippen molar-refractivity contribution in [1.29, 1.82) is 0 Å². The van der Waals surface area contributed by atoms with Crippen molar-refractivity contribution in [1.82, 2.24) is 19.9 Å². The Kier molecular flexibility index (Phi) is 5.72. The van der Waals surface area contributed by atoms with E-state index in [1.165, 1.54) is 5.56 Å². The summed E-state index contributed by atoms with van der Waals surface area (Å²) in [6.07, 6.45) is 0.819. The number of halogens is 1. The molecule has 1 N–H and O–H groups in total. The van der Waals surface area contributed by atoms with E-state index < -0.39 is 0 Å². The van der Waals surface area contributed by atoms with Gasteiger partial charge in [0.1, 0.15) is 6.10 Å². The first-order valence-corrected chi connectivity index (χ1v) is 11.9. The number of aromatic amines is 1. The molecule has 2 aromatic heterocycles. The Morgan fingerprint density at radius 1 is 1.12 bits per heavy atom. The van der Waals surface area contributed by atoms with Gasteiger partial charge in [0.2, 0.25) is 0 Å². The highest BCUT2D eigenvalue weighted by molar-refractivity contribution is 6.33. The third kappa shape index (κ3) is 4.11. The maximum atomic E-state index is 6.60. The lowest BCUT2D eigenvalue weighted by Gasteiger charge is -2.32. The van der Waals surface area contributed by atoms with Gasteiger partial charge >= 0.3 is 0 Å². The molecule has 4 atom stereocenters. The number of morpholine rings is 1. The van der Waals surface area contributed by atoms with E-state index in [0.29, 0.717) is 41.6 Å². The van der Waals surface area contributed by atoms with Crippen molar-refractivity contribution in [2.75, 3.05) is 39.5 Å². The van der Waals surface area contributed by atoms with Crippen LogP contribution in [0.4, 0.5) is 0 Å². The molecule has 1 unspecified atom stereocenters. The lowest BCUT2D eigenvalue weighted by molar-refractivity contribution is 0.0198. The summed E-state index contributed by atoms with van der Waals surface area (Å²) in [7, 11) is 0. The number of imidazole rings is 1. The zero-order chi connectivity index (χ0) is 22.4. The molecule has 0 saturated carbocycles. The molecule has 33 heavy (non-hydrogen) atoms. The molecule has 3 fully saturated rings. The summed E-state index contributed by atoms with van der Waals surface area (Å²) in [6, 6.07) is 11.0. The number of benzene rings is 1. The number of nitrogens with zero attached hydrogens (tertiary/aromatic N) is 3. The van der Waals surface area contributed by atoms with E-state index >= 15 is 0 Å². The molecule has 0 bridgehead atoms. The summed E-state index contributed by atoms with van der Waals surface area (Å²) in [5, 5.41) is 0.565. The SMILES string of the molecule is CC(c1ccc(-c2nc3nc(O[C@@H]4CO[C@@H]5CCO[C@@H]54)[nH]c3cc2Cl)cc1)N1CCOCC1. The molecule has 0 amide bonds. The van der Waals surface area contributed by atoms with Crippen molar-refractivity contribution in [3.8, 4) is 17.3 Å². The summed E-state index contributed by atoms with van der Waals surface area (Å²) in [4.78, 5) is 14.9. The average molecular weight is 471 g/mol. The largest absolute Gasteiger partial charge is 0.456 e.